The highest BCUT2D eigenvalue weighted by molar-refractivity contribution is 6.05. The fourth-order valence-electron chi connectivity index (χ4n) is 4.90. The van der Waals surface area contributed by atoms with Gasteiger partial charge in [0.2, 0.25) is 0 Å². The van der Waals surface area contributed by atoms with E-state index in [1.54, 1.807) is 0 Å². The van der Waals surface area contributed by atoms with Crippen LogP contribution in [0.4, 0.5) is 0 Å². The predicted octanol–water partition coefficient (Wildman–Crippen LogP) is 4.20. The summed E-state index contributed by atoms with van der Waals surface area (Å²) < 4.78 is 12.7. The van der Waals surface area contributed by atoms with Crippen molar-refractivity contribution in [2.75, 3.05) is 0 Å². The van der Waals surface area contributed by atoms with E-state index in [1.165, 1.54) is 22.3 Å². The van der Waals surface area contributed by atoms with Crippen LogP contribution in [0.2, 0.25) is 0 Å². The number of nitrogens with zero attached hydrogens (tertiary/aromatic N) is 2. The van der Waals surface area contributed by atoms with Crippen LogP contribution in [-0.2, 0) is 22.3 Å². The molecule has 27 heavy (non-hydrogen) atoms. The summed E-state index contributed by atoms with van der Waals surface area (Å²) in [6, 6.07) is 17.3. The first-order chi connectivity index (χ1) is 13.1. The van der Waals surface area contributed by atoms with Gasteiger partial charge in [0.1, 0.15) is 29.7 Å². The summed E-state index contributed by atoms with van der Waals surface area (Å²) in [5.74, 6) is 1.53. The third-order valence-corrected chi connectivity index (χ3v) is 6.40. The fraction of sp³-hybridized carbons (Fsp3) is 0.391. The Labute approximate surface area is 158 Å². The second kappa shape index (κ2) is 5.22. The molecule has 4 nitrogen and oxygen atoms in total. The van der Waals surface area contributed by atoms with E-state index in [1.807, 2.05) is 0 Å². The maximum atomic E-state index is 6.33. The first-order valence-corrected chi connectivity index (χ1v) is 9.77. The first kappa shape index (κ1) is 15.4. The molecule has 0 amide bonds. The zero-order valence-corrected chi connectivity index (χ0v) is 15.6. The lowest BCUT2D eigenvalue weighted by Crippen LogP contribution is -2.36. The lowest BCUT2D eigenvalue weighted by molar-refractivity contribution is 0.170. The molecule has 2 aromatic rings. The Hall–Kier alpha value is -2.62. The lowest BCUT2D eigenvalue weighted by Gasteiger charge is -2.25. The molecule has 136 valence electrons. The van der Waals surface area contributed by atoms with E-state index in [-0.39, 0.29) is 24.3 Å². The van der Waals surface area contributed by atoms with E-state index < -0.39 is 5.41 Å². The third kappa shape index (κ3) is 2.10. The Morgan fingerprint density at radius 3 is 1.67 bits per heavy atom. The maximum absolute atomic E-state index is 6.33. The maximum Gasteiger partial charge on any atom is 0.199 e. The topological polar surface area (TPSA) is 43.2 Å². The molecule has 0 unspecified atom stereocenters. The number of fused-ring (bicyclic) bond motifs is 6. The summed E-state index contributed by atoms with van der Waals surface area (Å²) in [7, 11) is 0. The number of ether oxygens (including phenoxy) is 2. The summed E-state index contributed by atoms with van der Waals surface area (Å²) in [5, 5.41) is 0. The molecule has 0 N–H and O–H groups in total. The number of benzene rings is 2. The van der Waals surface area contributed by atoms with Crippen molar-refractivity contribution in [1.29, 1.82) is 0 Å². The van der Waals surface area contributed by atoms with Crippen molar-refractivity contribution in [3.63, 3.8) is 0 Å². The molecule has 4 atom stereocenters. The van der Waals surface area contributed by atoms with Crippen LogP contribution in [0, 0.1) is 5.41 Å². The monoisotopic (exact) mass is 358 g/mol. The van der Waals surface area contributed by atoms with Crippen molar-refractivity contribution in [2.45, 2.75) is 51.0 Å². The molecule has 2 aromatic carbocycles. The van der Waals surface area contributed by atoms with Crippen molar-refractivity contribution < 1.29 is 9.47 Å². The number of hydrogen-bond donors (Lipinski definition) is 0. The molecule has 0 saturated heterocycles. The first-order valence-electron chi connectivity index (χ1n) is 9.77. The summed E-state index contributed by atoms with van der Waals surface area (Å²) in [4.78, 5) is 9.96. The molecule has 0 bridgehead atoms. The smallest absolute Gasteiger partial charge is 0.199 e. The van der Waals surface area contributed by atoms with Gasteiger partial charge in [0, 0.05) is 12.8 Å². The molecule has 4 aliphatic rings. The number of rotatable bonds is 2. The molecule has 6 rings (SSSR count). The van der Waals surface area contributed by atoms with Gasteiger partial charge in [0.15, 0.2) is 11.8 Å². The Kier molecular flexibility index (Phi) is 2.98. The van der Waals surface area contributed by atoms with Crippen LogP contribution >= 0.6 is 0 Å². The second-order valence-electron chi connectivity index (χ2n) is 8.50. The molecule has 0 radical (unpaired) electrons. The average molecular weight is 358 g/mol. The fourth-order valence-corrected chi connectivity index (χ4v) is 4.90. The SMILES string of the molecule is CC(C)(C1=N[C@H]2c3ccccc3C[C@H]2O1)C1=N[C@H]2c3ccccc3C[C@H]2O1. The Bertz CT molecular complexity index is 927. The molecule has 2 aliphatic carbocycles. The van der Waals surface area contributed by atoms with E-state index in [4.69, 9.17) is 19.5 Å². The van der Waals surface area contributed by atoms with Gasteiger partial charge in [-0.15, -0.1) is 0 Å². The van der Waals surface area contributed by atoms with E-state index >= 15 is 0 Å². The highest BCUT2D eigenvalue weighted by atomic mass is 16.5. The van der Waals surface area contributed by atoms with Gasteiger partial charge in [0.25, 0.3) is 0 Å². The van der Waals surface area contributed by atoms with E-state index in [0.29, 0.717) is 0 Å². The largest absolute Gasteiger partial charge is 0.474 e. The lowest BCUT2D eigenvalue weighted by atomic mass is 9.92. The Morgan fingerprint density at radius 1 is 0.741 bits per heavy atom. The molecule has 2 heterocycles. The molecule has 0 aromatic heterocycles. The van der Waals surface area contributed by atoms with Crippen molar-refractivity contribution in [3.05, 3.63) is 70.8 Å². The van der Waals surface area contributed by atoms with Gasteiger partial charge in [-0.2, -0.15) is 0 Å². The summed E-state index contributed by atoms with van der Waals surface area (Å²) in [5.41, 5.74) is 4.86. The minimum absolute atomic E-state index is 0.109. The molecule has 2 aliphatic heterocycles. The average Bonchev–Trinajstić information content (AvgIpc) is 3.39. The summed E-state index contributed by atoms with van der Waals surface area (Å²) in [6.07, 6.45) is 2.07. The van der Waals surface area contributed by atoms with Crippen LogP contribution in [0.1, 0.15) is 48.2 Å². The highest BCUT2D eigenvalue weighted by Gasteiger charge is 2.50. The highest BCUT2D eigenvalue weighted by Crippen LogP contribution is 2.46. The van der Waals surface area contributed by atoms with Crippen LogP contribution in [0.5, 0.6) is 0 Å². The van der Waals surface area contributed by atoms with Gasteiger partial charge in [-0.3, -0.25) is 0 Å². The minimum Gasteiger partial charge on any atom is -0.474 e. The van der Waals surface area contributed by atoms with Gasteiger partial charge < -0.3 is 9.47 Å². The van der Waals surface area contributed by atoms with Crippen LogP contribution in [-0.4, -0.2) is 24.0 Å². The quantitative estimate of drug-likeness (QED) is 0.807. The van der Waals surface area contributed by atoms with Gasteiger partial charge >= 0.3 is 0 Å². The summed E-state index contributed by atoms with van der Waals surface area (Å²) in [6.45, 7) is 4.23. The zero-order valence-electron chi connectivity index (χ0n) is 15.6. The van der Waals surface area contributed by atoms with Crippen LogP contribution in [0.15, 0.2) is 58.5 Å². The standard InChI is InChI=1S/C23H22N2O2/c1-23(2,21-24-19-15-9-5-3-7-13(15)11-17(19)26-21)22-25-20-16-10-6-4-8-14(16)12-18(20)27-22/h3-10,17-20H,11-12H2,1-2H3/t17-,18-,19+,20+/m1/s1. The van der Waals surface area contributed by atoms with E-state index in [2.05, 4.69) is 62.4 Å². The van der Waals surface area contributed by atoms with Crippen LogP contribution in [0.25, 0.3) is 0 Å². The summed E-state index contributed by atoms with van der Waals surface area (Å²) >= 11 is 0. The molecular weight excluding hydrogens is 336 g/mol. The van der Waals surface area contributed by atoms with Crippen molar-refractivity contribution in [3.8, 4) is 0 Å². The normalized spacial score (nSPS) is 29.9. The van der Waals surface area contributed by atoms with Gasteiger partial charge in [-0.05, 0) is 36.1 Å². The molecule has 0 spiro atoms. The second-order valence-corrected chi connectivity index (χ2v) is 8.50. The molecule has 4 heteroatoms. The molecular formula is C23H22N2O2. The van der Waals surface area contributed by atoms with Crippen molar-refractivity contribution >= 4 is 11.8 Å². The minimum atomic E-state index is -0.446. The van der Waals surface area contributed by atoms with Crippen molar-refractivity contribution in [1.82, 2.24) is 0 Å². The number of hydrogen-bond acceptors (Lipinski definition) is 4. The van der Waals surface area contributed by atoms with Gasteiger partial charge in [-0.1, -0.05) is 48.5 Å². The van der Waals surface area contributed by atoms with E-state index in [0.717, 1.165) is 24.6 Å². The molecule has 0 saturated carbocycles. The Balaban J connectivity index is 1.32. The van der Waals surface area contributed by atoms with Gasteiger partial charge in [0.05, 0.1) is 0 Å². The van der Waals surface area contributed by atoms with Crippen LogP contribution < -0.4 is 0 Å². The van der Waals surface area contributed by atoms with Gasteiger partial charge in [-0.25, -0.2) is 9.98 Å². The van der Waals surface area contributed by atoms with Crippen LogP contribution in [0.3, 0.4) is 0 Å². The predicted molar refractivity (Wildman–Crippen MR) is 104 cm³/mol. The zero-order chi connectivity index (χ0) is 18.2. The number of aliphatic imine (C=N–C) groups is 2. The van der Waals surface area contributed by atoms with E-state index in [9.17, 15) is 0 Å². The Morgan fingerprint density at radius 2 is 1.19 bits per heavy atom. The molecule has 0 fully saturated rings. The third-order valence-electron chi connectivity index (χ3n) is 6.40. The van der Waals surface area contributed by atoms with Crippen molar-refractivity contribution in [2.24, 2.45) is 15.4 Å².